The van der Waals surface area contributed by atoms with E-state index in [-0.39, 0.29) is 5.54 Å². The van der Waals surface area contributed by atoms with E-state index >= 15 is 0 Å². The normalized spacial score (nSPS) is 11.8. The van der Waals surface area contributed by atoms with Gasteiger partial charge < -0.3 is 9.73 Å². The van der Waals surface area contributed by atoms with Crippen molar-refractivity contribution >= 4 is 0 Å². The fourth-order valence-corrected chi connectivity index (χ4v) is 1.80. The molecule has 0 atom stereocenters. The Morgan fingerprint density at radius 3 is 2.40 bits per heavy atom. The van der Waals surface area contributed by atoms with Gasteiger partial charge in [-0.15, -0.1) is 0 Å². The number of rotatable bonds is 4. The lowest BCUT2D eigenvalue weighted by Crippen LogP contribution is -2.37. The van der Waals surface area contributed by atoms with Gasteiger partial charge in [0.15, 0.2) is 11.7 Å². The SMILES string of the molecule is CC(C)(C)NCCc1ncc(-c2cc(F)cc(F)c2)o1. The van der Waals surface area contributed by atoms with Gasteiger partial charge in [0, 0.05) is 30.1 Å². The maximum Gasteiger partial charge on any atom is 0.196 e. The Morgan fingerprint density at radius 2 is 1.80 bits per heavy atom. The Bertz CT molecular complexity index is 568. The van der Waals surface area contributed by atoms with Crippen molar-refractivity contribution in [3.63, 3.8) is 0 Å². The van der Waals surface area contributed by atoms with Crippen molar-refractivity contribution in [2.45, 2.75) is 32.7 Å². The van der Waals surface area contributed by atoms with E-state index in [9.17, 15) is 8.78 Å². The Balaban J connectivity index is 2.05. The number of oxazole rings is 1. The lowest BCUT2D eigenvalue weighted by Gasteiger charge is -2.19. The maximum atomic E-state index is 13.1. The first kappa shape index (κ1) is 14.7. The standard InChI is InChI=1S/C15H18F2N2O/c1-15(2,3)19-5-4-14-18-9-13(20-14)10-6-11(16)8-12(17)7-10/h6-9,19H,4-5H2,1-3H3. The molecule has 1 aromatic heterocycles. The van der Waals surface area contributed by atoms with Gasteiger partial charge in [0.2, 0.25) is 0 Å². The van der Waals surface area contributed by atoms with Crippen LogP contribution in [0.15, 0.2) is 28.8 Å². The van der Waals surface area contributed by atoms with Crippen molar-refractivity contribution in [2.24, 2.45) is 0 Å². The third-order valence-electron chi connectivity index (χ3n) is 2.69. The summed E-state index contributed by atoms with van der Waals surface area (Å²) >= 11 is 0. The van der Waals surface area contributed by atoms with Crippen LogP contribution in [0.5, 0.6) is 0 Å². The Morgan fingerprint density at radius 1 is 1.15 bits per heavy atom. The van der Waals surface area contributed by atoms with E-state index in [1.165, 1.54) is 18.3 Å². The average Bonchev–Trinajstić information content (AvgIpc) is 2.74. The highest BCUT2D eigenvalue weighted by Gasteiger charge is 2.11. The van der Waals surface area contributed by atoms with E-state index in [0.29, 0.717) is 23.6 Å². The average molecular weight is 280 g/mol. The van der Waals surface area contributed by atoms with Crippen molar-refractivity contribution in [1.82, 2.24) is 10.3 Å². The predicted octanol–water partition coefficient (Wildman–Crippen LogP) is 3.55. The second-order valence-electron chi connectivity index (χ2n) is 5.70. The molecule has 5 heteroatoms. The summed E-state index contributed by atoms with van der Waals surface area (Å²) in [5, 5.41) is 3.32. The molecule has 0 aliphatic heterocycles. The van der Waals surface area contributed by atoms with E-state index < -0.39 is 11.6 Å². The number of nitrogens with one attached hydrogen (secondary N) is 1. The fourth-order valence-electron chi connectivity index (χ4n) is 1.80. The van der Waals surface area contributed by atoms with Gasteiger partial charge in [-0.3, -0.25) is 0 Å². The molecule has 0 fully saturated rings. The minimum Gasteiger partial charge on any atom is -0.441 e. The molecule has 0 saturated carbocycles. The minimum absolute atomic E-state index is 0.0289. The van der Waals surface area contributed by atoms with Gasteiger partial charge in [-0.05, 0) is 32.9 Å². The summed E-state index contributed by atoms with van der Waals surface area (Å²) in [6.07, 6.45) is 2.11. The second kappa shape index (κ2) is 5.71. The molecule has 0 saturated heterocycles. The van der Waals surface area contributed by atoms with E-state index in [4.69, 9.17) is 4.42 Å². The van der Waals surface area contributed by atoms with Crippen LogP contribution in [-0.4, -0.2) is 17.1 Å². The van der Waals surface area contributed by atoms with Crippen molar-refractivity contribution < 1.29 is 13.2 Å². The number of halogens is 2. The number of aromatic nitrogens is 1. The number of benzene rings is 1. The molecule has 1 aromatic carbocycles. The maximum absolute atomic E-state index is 13.1. The monoisotopic (exact) mass is 280 g/mol. The highest BCUT2D eigenvalue weighted by atomic mass is 19.1. The lowest BCUT2D eigenvalue weighted by atomic mass is 10.1. The Labute approximate surface area is 117 Å². The second-order valence-corrected chi connectivity index (χ2v) is 5.70. The van der Waals surface area contributed by atoms with Crippen LogP contribution in [0, 0.1) is 11.6 Å². The number of hydrogen-bond acceptors (Lipinski definition) is 3. The van der Waals surface area contributed by atoms with Crippen molar-refractivity contribution in [1.29, 1.82) is 0 Å². The smallest absolute Gasteiger partial charge is 0.196 e. The van der Waals surface area contributed by atoms with Crippen LogP contribution in [0.2, 0.25) is 0 Å². The molecule has 0 amide bonds. The van der Waals surface area contributed by atoms with Crippen LogP contribution in [0.3, 0.4) is 0 Å². The summed E-state index contributed by atoms with van der Waals surface area (Å²) < 4.78 is 31.8. The number of nitrogens with zero attached hydrogens (tertiary/aromatic N) is 1. The molecule has 108 valence electrons. The molecule has 0 unspecified atom stereocenters. The summed E-state index contributed by atoms with van der Waals surface area (Å²) in [4.78, 5) is 4.12. The molecule has 1 N–H and O–H groups in total. The van der Waals surface area contributed by atoms with Gasteiger partial charge in [-0.2, -0.15) is 0 Å². The molecule has 0 radical (unpaired) electrons. The molecule has 2 rings (SSSR count). The van der Waals surface area contributed by atoms with Crippen LogP contribution in [-0.2, 0) is 6.42 Å². The van der Waals surface area contributed by atoms with Crippen LogP contribution >= 0.6 is 0 Å². The van der Waals surface area contributed by atoms with Crippen LogP contribution < -0.4 is 5.32 Å². The minimum atomic E-state index is -0.632. The third-order valence-corrected chi connectivity index (χ3v) is 2.69. The topological polar surface area (TPSA) is 38.1 Å². The van der Waals surface area contributed by atoms with E-state index in [0.717, 1.165) is 12.6 Å². The fraction of sp³-hybridized carbons (Fsp3) is 0.400. The zero-order valence-electron chi connectivity index (χ0n) is 11.8. The van der Waals surface area contributed by atoms with E-state index in [1.807, 2.05) is 0 Å². The molecule has 0 aliphatic carbocycles. The van der Waals surface area contributed by atoms with Gasteiger partial charge in [0.05, 0.1) is 6.20 Å². The highest BCUT2D eigenvalue weighted by molar-refractivity contribution is 5.56. The van der Waals surface area contributed by atoms with Crippen LogP contribution in [0.25, 0.3) is 11.3 Å². The summed E-state index contributed by atoms with van der Waals surface area (Å²) in [5.41, 5.74) is 0.381. The van der Waals surface area contributed by atoms with Gasteiger partial charge >= 0.3 is 0 Å². The number of hydrogen-bond donors (Lipinski definition) is 1. The summed E-state index contributed by atoms with van der Waals surface area (Å²) in [7, 11) is 0. The quantitative estimate of drug-likeness (QED) is 0.930. The molecule has 0 spiro atoms. The molecule has 20 heavy (non-hydrogen) atoms. The molecule has 0 bridgehead atoms. The van der Waals surface area contributed by atoms with E-state index in [1.54, 1.807) is 0 Å². The first-order valence-corrected chi connectivity index (χ1v) is 6.50. The Hall–Kier alpha value is -1.75. The molecular weight excluding hydrogens is 262 g/mol. The molecular formula is C15H18F2N2O. The van der Waals surface area contributed by atoms with Gasteiger partial charge in [0.25, 0.3) is 0 Å². The first-order chi connectivity index (χ1) is 9.33. The Kier molecular flexibility index (Phi) is 4.18. The van der Waals surface area contributed by atoms with Crippen molar-refractivity contribution in [3.8, 4) is 11.3 Å². The zero-order valence-corrected chi connectivity index (χ0v) is 11.8. The lowest BCUT2D eigenvalue weighted by molar-refractivity contribution is 0.411. The summed E-state index contributed by atoms with van der Waals surface area (Å²) in [6, 6.07) is 3.27. The van der Waals surface area contributed by atoms with Crippen molar-refractivity contribution in [3.05, 3.63) is 41.9 Å². The van der Waals surface area contributed by atoms with Gasteiger partial charge in [0.1, 0.15) is 11.6 Å². The molecule has 1 heterocycles. The highest BCUT2D eigenvalue weighted by Crippen LogP contribution is 2.22. The third kappa shape index (κ3) is 4.13. The largest absolute Gasteiger partial charge is 0.441 e. The summed E-state index contributed by atoms with van der Waals surface area (Å²) in [5.74, 6) is -0.352. The predicted molar refractivity (Wildman–Crippen MR) is 73.3 cm³/mol. The van der Waals surface area contributed by atoms with Gasteiger partial charge in [-0.1, -0.05) is 0 Å². The van der Waals surface area contributed by atoms with Crippen LogP contribution in [0.1, 0.15) is 26.7 Å². The molecule has 2 aromatic rings. The molecule has 3 nitrogen and oxygen atoms in total. The molecule has 0 aliphatic rings. The van der Waals surface area contributed by atoms with Crippen molar-refractivity contribution in [2.75, 3.05) is 6.54 Å². The van der Waals surface area contributed by atoms with Crippen LogP contribution in [0.4, 0.5) is 8.78 Å². The summed E-state index contributed by atoms with van der Waals surface area (Å²) in [6.45, 7) is 6.94. The first-order valence-electron chi connectivity index (χ1n) is 6.50. The zero-order chi connectivity index (χ0) is 14.8. The van der Waals surface area contributed by atoms with E-state index in [2.05, 4.69) is 31.1 Å². The van der Waals surface area contributed by atoms with Gasteiger partial charge in [-0.25, -0.2) is 13.8 Å².